The molecule has 0 aliphatic carbocycles. The normalized spacial score (nSPS) is 12.4. The lowest BCUT2D eigenvalue weighted by Crippen LogP contribution is -2.22. The van der Waals surface area contributed by atoms with Crippen LogP contribution in [0.1, 0.15) is 30.6 Å². The molecule has 1 N–H and O–H groups in total. The summed E-state index contributed by atoms with van der Waals surface area (Å²) < 4.78 is 7.47. The van der Waals surface area contributed by atoms with Gasteiger partial charge in [-0.1, -0.05) is 37.3 Å². The maximum absolute atomic E-state index is 5.45. The standard InChI is InChI=1S/C15H21N3O/c1-4-10-18-15(13(19-3)11-17-18)14(16-2)12-8-6-5-7-9-12/h5-9,11,14,16H,4,10H2,1-3H3. The number of rotatable bonds is 6. The number of ether oxygens (including phenoxy) is 1. The van der Waals surface area contributed by atoms with Gasteiger partial charge in [0.15, 0.2) is 5.75 Å². The van der Waals surface area contributed by atoms with Crippen molar-refractivity contribution in [3.8, 4) is 5.75 Å². The summed E-state index contributed by atoms with van der Waals surface area (Å²) in [4.78, 5) is 0. The first-order valence-electron chi connectivity index (χ1n) is 6.63. The van der Waals surface area contributed by atoms with E-state index >= 15 is 0 Å². The Labute approximate surface area is 114 Å². The van der Waals surface area contributed by atoms with E-state index in [1.807, 2.05) is 29.9 Å². The first-order chi connectivity index (χ1) is 9.31. The van der Waals surface area contributed by atoms with Crippen LogP contribution in [-0.4, -0.2) is 23.9 Å². The Hall–Kier alpha value is -1.81. The van der Waals surface area contributed by atoms with Crippen molar-refractivity contribution in [2.75, 3.05) is 14.2 Å². The van der Waals surface area contributed by atoms with Crippen LogP contribution in [0.15, 0.2) is 36.5 Å². The summed E-state index contributed by atoms with van der Waals surface area (Å²) in [6.45, 7) is 3.04. The molecule has 0 radical (unpaired) electrons. The molecule has 0 bridgehead atoms. The van der Waals surface area contributed by atoms with Crippen LogP contribution >= 0.6 is 0 Å². The highest BCUT2D eigenvalue weighted by Gasteiger charge is 2.21. The van der Waals surface area contributed by atoms with Gasteiger partial charge in [0, 0.05) is 6.54 Å². The summed E-state index contributed by atoms with van der Waals surface area (Å²) in [7, 11) is 3.65. The van der Waals surface area contributed by atoms with Crippen molar-refractivity contribution in [1.29, 1.82) is 0 Å². The Morgan fingerprint density at radius 2 is 2.05 bits per heavy atom. The minimum Gasteiger partial charge on any atom is -0.493 e. The number of nitrogens with zero attached hydrogens (tertiary/aromatic N) is 2. The van der Waals surface area contributed by atoms with E-state index in [0.29, 0.717) is 0 Å². The lowest BCUT2D eigenvalue weighted by Gasteiger charge is -2.19. The fourth-order valence-electron chi connectivity index (χ4n) is 2.32. The van der Waals surface area contributed by atoms with Crippen molar-refractivity contribution < 1.29 is 4.74 Å². The van der Waals surface area contributed by atoms with Gasteiger partial charge in [0.25, 0.3) is 0 Å². The van der Waals surface area contributed by atoms with Gasteiger partial charge in [-0.3, -0.25) is 4.68 Å². The number of nitrogens with one attached hydrogen (secondary N) is 1. The molecule has 4 heteroatoms. The van der Waals surface area contributed by atoms with Crippen LogP contribution in [0.4, 0.5) is 0 Å². The predicted octanol–water partition coefficient (Wildman–Crippen LogP) is 2.61. The van der Waals surface area contributed by atoms with Crippen LogP contribution in [-0.2, 0) is 6.54 Å². The molecule has 0 aliphatic heterocycles. The molecule has 4 nitrogen and oxygen atoms in total. The third kappa shape index (κ3) is 2.79. The van der Waals surface area contributed by atoms with Crippen molar-refractivity contribution in [2.45, 2.75) is 25.9 Å². The first kappa shape index (κ1) is 13.6. The smallest absolute Gasteiger partial charge is 0.161 e. The average molecular weight is 259 g/mol. The molecule has 19 heavy (non-hydrogen) atoms. The summed E-state index contributed by atoms with van der Waals surface area (Å²) in [6.07, 6.45) is 2.83. The predicted molar refractivity (Wildman–Crippen MR) is 76.4 cm³/mol. The third-order valence-corrected chi connectivity index (χ3v) is 3.20. The Morgan fingerprint density at radius 1 is 1.32 bits per heavy atom. The van der Waals surface area contributed by atoms with Crippen LogP contribution < -0.4 is 10.1 Å². The molecule has 2 aromatic rings. The third-order valence-electron chi connectivity index (χ3n) is 3.20. The highest BCUT2D eigenvalue weighted by Crippen LogP contribution is 2.29. The Balaban J connectivity index is 2.45. The van der Waals surface area contributed by atoms with Crippen molar-refractivity contribution in [2.24, 2.45) is 0 Å². The number of hydrogen-bond acceptors (Lipinski definition) is 3. The van der Waals surface area contributed by atoms with E-state index < -0.39 is 0 Å². The molecule has 0 saturated carbocycles. The van der Waals surface area contributed by atoms with Crippen LogP contribution in [0.3, 0.4) is 0 Å². The van der Waals surface area contributed by atoms with Crippen molar-refractivity contribution >= 4 is 0 Å². The number of methoxy groups -OCH3 is 1. The molecule has 1 atom stereocenters. The first-order valence-corrected chi connectivity index (χ1v) is 6.63. The molecule has 0 saturated heterocycles. The molecule has 0 fully saturated rings. The van der Waals surface area contributed by atoms with Gasteiger partial charge in [0.2, 0.25) is 0 Å². The summed E-state index contributed by atoms with van der Waals surface area (Å²) in [6, 6.07) is 10.4. The van der Waals surface area contributed by atoms with Gasteiger partial charge < -0.3 is 10.1 Å². The van der Waals surface area contributed by atoms with E-state index in [9.17, 15) is 0 Å². The van der Waals surface area contributed by atoms with Gasteiger partial charge in [-0.15, -0.1) is 0 Å². The Kier molecular flexibility index (Phi) is 4.58. The molecular weight excluding hydrogens is 238 g/mol. The molecule has 0 spiro atoms. The summed E-state index contributed by atoms with van der Waals surface area (Å²) in [5.74, 6) is 0.830. The zero-order chi connectivity index (χ0) is 13.7. The molecule has 0 aliphatic rings. The molecule has 1 aromatic heterocycles. The number of benzene rings is 1. The molecule has 0 amide bonds. The lowest BCUT2D eigenvalue weighted by atomic mass is 10.0. The molecule has 1 aromatic carbocycles. The van der Waals surface area contributed by atoms with Gasteiger partial charge >= 0.3 is 0 Å². The second-order valence-corrected chi connectivity index (χ2v) is 4.45. The van der Waals surface area contributed by atoms with Gasteiger partial charge in [0.1, 0.15) is 5.69 Å². The lowest BCUT2D eigenvalue weighted by molar-refractivity contribution is 0.400. The quantitative estimate of drug-likeness (QED) is 0.866. The van der Waals surface area contributed by atoms with Crippen LogP contribution in [0.5, 0.6) is 5.75 Å². The van der Waals surface area contributed by atoms with E-state index in [0.717, 1.165) is 24.4 Å². The average Bonchev–Trinajstić information content (AvgIpc) is 2.85. The Morgan fingerprint density at radius 3 is 2.63 bits per heavy atom. The zero-order valence-corrected chi connectivity index (χ0v) is 11.8. The second-order valence-electron chi connectivity index (χ2n) is 4.45. The summed E-state index contributed by atoms with van der Waals surface area (Å²) >= 11 is 0. The van der Waals surface area contributed by atoms with Crippen LogP contribution in [0.25, 0.3) is 0 Å². The fourth-order valence-corrected chi connectivity index (χ4v) is 2.32. The number of hydrogen-bond donors (Lipinski definition) is 1. The molecule has 1 unspecified atom stereocenters. The maximum atomic E-state index is 5.45. The van der Waals surface area contributed by atoms with Gasteiger partial charge in [-0.05, 0) is 19.0 Å². The maximum Gasteiger partial charge on any atom is 0.161 e. The topological polar surface area (TPSA) is 39.1 Å². The number of aryl methyl sites for hydroxylation is 1. The summed E-state index contributed by atoms with van der Waals surface area (Å²) in [5.41, 5.74) is 2.29. The minimum atomic E-state index is 0.0881. The molecular formula is C15H21N3O. The zero-order valence-electron chi connectivity index (χ0n) is 11.8. The minimum absolute atomic E-state index is 0.0881. The van der Waals surface area contributed by atoms with Gasteiger partial charge in [-0.25, -0.2) is 0 Å². The molecule has 102 valence electrons. The fraction of sp³-hybridized carbons (Fsp3) is 0.400. The van der Waals surface area contributed by atoms with E-state index in [4.69, 9.17) is 4.74 Å². The van der Waals surface area contributed by atoms with E-state index in [-0.39, 0.29) is 6.04 Å². The number of aromatic nitrogens is 2. The van der Waals surface area contributed by atoms with Crippen LogP contribution in [0.2, 0.25) is 0 Å². The Bertz CT molecular complexity index is 507. The SMILES string of the molecule is CCCn1ncc(OC)c1C(NC)c1ccccc1. The second kappa shape index (κ2) is 6.38. The van der Waals surface area contributed by atoms with E-state index in [1.165, 1.54) is 5.56 Å². The van der Waals surface area contributed by atoms with Crippen molar-refractivity contribution in [3.05, 3.63) is 47.8 Å². The van der Waals surface area contributed by atoms with Crippen molar-refractivity contribution in [3.63, 3.8) is 0 Å². The summed E-state index contributed by atoms with van der Waals surface area (Å²) in [5, 5.41) is 7.78. The van der Waals surface area contributed by atoms with Crippen molar-refractivity contribution in [1.82, 2.24) is 15.1 Å². The highest BCUT2D eigenvalue weighted by atomic mass is 16.5. The van der Waals surface area contributed by atoms with Crippen LogP contribution in [0, 0.1) is 0 Å². The monoisotopic (exact) mass is 259 g/mol. The molecule has 1 heterocycles. The molecule has 2 rings (SSSR count). The highest BCUT2D eigenvalue weighted by molar-refractivity contribution is 5.36. The van der Waals surface area contributed by atoms with Gasteiger partial charge in [-0.2, -0.15) is 5.10 Å². The van der Waals surface area contributed by atoms with E-state index in [2.05, 4.69) is 29.5 Å². The van der Waals surface area contributed by atoms with E-state index in [1.54, 1.807) is 13.3 Å². The van der Waals surface area contributed by atoms with Gasteiger partial charge in [0.05, 0.1) is 19.3 Å². The largest absolute Gasteiger partial charge is 0.493 e.